The summed E-state index contributed by atoms with van der Waals surface area (Å²) in [5.74, 6) is 0. The van der Waals surface area contributed by atoms with Crippen LogP contribution < -0.4 is 5.32 Å². The number of hydrogen-bond acceptors (Lipinski definition) is 4. The molecule has 102 valence electrons. The molecule has 0 amide bonds. The molecule has 1 atom stereocenters. The van der Waals surface area contributed by atoms with Gasteiger partial charge in [-0.3, -0.25) is 0 Å². The molecular formula is C14H25N3S. The monoisotopic (exact) mass is 267 g/mol. The van der Waals surface area contributed by atoms with Gasteiger partial charge in [-0.2, -0.15) is 0 Å². The fourth-order valence-corrected chi connectivity index (χ4v) is 3.19. The summed E-state index contributed by atoms with van der Waals surface area (Å²) in [6, 6.07) is 0.586. The van der Waals surface area contributed by atoms with Crippen LogP contribution in [0.4, 0.5) is 0 Å². The largest absolute Gasteiger partial charge is 0.313 e. The van der Waals surface area contributed by atoms with Gasteiger partial charge in [0.05, 0.1) is 5.01 Å². The molecule has 0 unspecified atom stereocenters. The predicted molar refractivity (Wildman–Crippen MR) is 78.2 cm³/mol. The first-order valence-corrected chi connectivity index (χ1v) is 8.06. The summed E-state index contributed by atoms with van der Waals surface area (Å²) in [5.41, 5.74) is 0. The number of rotatable bonds is 6. The second-order valence-electron chi connectivity index (χ2n) is 5.25. The van der Waals surface area contributed by atoms with Crippen molar-refractivity contribution in [3.63, 3.8) is 0 Å². The van der Waals surface area contributed by atoms with Crippen molar-refractivity contribution in [2.75, 3.05) is 26.2 Å². The summed E-state index contributed by atoms with van der Waals surface area (Å²) >= 11 is 1.75. The molecule has 1 aromatic heterocycles. The van der Waals surface area contributed by atoms with Gasteiger partial charge in [0.1, 0.15) is 0 Å². The van der Waals surface area contributed by atoms with Gasteiger partial charge >= 0.3 is 0 Å². The van der Waals surface area contributed by atoms with Gasteiger partial charge in [-0.05, 0) is 32.9 Å². The molecule has 0 aromatic carbocycles. The van der Waals surface area contributed by atoms with Crippen molar-refractivity contribution in [1.29, 1.82) is 0 Å². The maximum Gasteiger partial charge on any atom is 0.0937 e. The molecule has 1 fully saturated rings. The molecule has 1 N–H and O–H groups in total. The highest BCUT2D eigenvalue weighted by molar-refractivity contribution is 7.09. The van der Waals surface area contributed by atoms with E-state index in [4.69, 9.17) is 0 Å². The highest BCUT2D eigenvalue weighted by Gasteiger charge is 2.11. The van der Waals surface area contributed by atoms with E-state index >= 15 is 0 Å². The van der Waals surface area contributed by atoms with Crippen LogP contribution in [-0.2, 0) is 6.42 Å². The zero-order valence-electron chi connectivity index (χ0n) is 11.4. The van der Waals surface area contributed by atoms with Gasteiger partial charge in [-0.15, -0.1) is 11.3 Å². The van der Waals surface area contributed by atoms with Crippen molar-refractivity contribution in [2.45, 2.75) is 45.1 Å². The predicted octanol–water partition coefficient (Wildman–Crippen LogP) is 2.54. The van der Waals surface area contributed by atoms with Crippen LogP contribution in [0.5, 0.6) is 0 Å². The normalized spacial score (nSPS) is 19.6. The van der Waals surface area contributed by atoms with Crippen LogP contribution in [-0.4, -0.2) is 42.1 Å². The zero-order chi connectivity index (χ0) is 12.6. The van der Waals surface area contributed by atoms with Crippen LogP contribution >= 0.6 is 11.3 Å². The summed E-state index contributed by atoms with van der Waals surface area (Å²) in [5, 5.41) is 6.91. The second kappa shape index (κ2) is 7.87. The zero-order valence-corrected chi connectivity index (χ0v) is 12.2. The smallest absolute Gasteiger partial charge is 0.0937 e. The Balaban J connectivity index is 1.60. The molecule has 0 spiro atoms. The maximum absolute atomic E-state index is 4.31. The molecule has 0 saturated carbocycles. The van der Waals surface area contributed by atoms with Crippen LogP contribution in [0.25, 0.3) is 0 Å². The van der Waals surface area contributed by atoms with E-state index in [1.165, 1.54) is 50.3 Å². The van der Waals surface area contributed by atoms with Gasteiger partial charge in [0, 0.05) is 37.1 Å². The average Bonchev–Trinajstić information content (AvgIpc) is 2.74. The van der Waals surface area contributed by atoms with Gasteiger partial charge in [-0.25, -0.2) is 4.98 Å². The minimum atomic E-state index is 0.586. The first-order chi connectivity index (χ1) is 8.84. The standard InChI is InChI=1S/C14H25N3S/c1-13(12-17-9-4-2-3-5-10-17)15-7-6-14-16-8-11-18-14/h8,11,13,15H,2-7,9-10,12H2,1H3/t13-/m0/s1. The first kappa shape index (κ1) is 14.0. The summed E-state index contributed by atoms with van der Waals surface area (Å²) in [6.07, 6.45) is 8.55. The molecule has 3 nitrogen and oxygen atoms in total. The van der Waals surface area contributed by atoms with Crippen LogP contribution in [0.3, 0.4) is 0 Å². The Bertz CT molecular complexity index is 305. The molecule has 1 aliphatic heterocycles. The second-order valence-corrected chi connectivity index (χ2v) is 6.22. The van der Waals surface area contributed by atoms with Gasteiger partial charge in [0.25, 0.3) is 0 Å². The highest BCUT2D eigenvalue weighted by atomic mass is 32.1. The van der Waals surface area contributed by atoms with E-state index in [1.807, 2.05) is 6.20 Å². The summed E-state index contributed by atoms with van der Waals surface area (Å²) in [4.78, 5) is 6.93. The van der Waals surface area contributed by atoms with Crippen LogP contribution in [0.1, 0.15) is 37.6 Å². The SMILES string of the molecule is C[C@@H](CN1CCCCCC1)NCCc1nccs1. The van der Waals surface area contributed by atoms with Crippen molar-refractivity contribution in [3.05, 3.63) is 16.6 Å². The summed E-state index contributed by atoms with van der Waals surface area (Å²) in [6.45, 7) is 7.12. The summed E-state index contributed by atoms with van der Waals surface area (Å²) in [7, 11) is 0. The quantitative estimate of drug-likeness (QED) is 0.858. The van der Waals surface area contributed by atoms with Crippen LogP contribution in [0.2, 0.25) is 0 Å². The lowest BCUT2D eigenvalue weighted by molar-refractivity contribution is 0.256. The first-order valence-electron chi connectivity index (χ1n) is 7.19. The molecule has 2 rings (SSSR count). The molecule has 2 heterocycles. The average molecular weight is 267 g/mol. The number of hydrogen-bond donors (Lipinski definition) is 1. The number of likely N-dealkylation sites (tertiary alicyclic amines) is 1. The van der Waals surface area contributed by atoms with E-state index < -0.39 is 0 Å². The Morgan fingerprint density at radius 2 is 2.11 bits per heavy atom. The van der Waals surface area contributed by atoms with Crippen molar-refractivity contribution in [3.8, 4) is 0 Å². The lowest BCUT2D eigenvalue weighted by atomic mass is 10.2. The van der Waals surface area contributed by atoms with Crippen molar-refractivity contribution in [1.82, 2.24) is 15.2 Å². The Morgan fingerprint density at radius 1 is 1.33 bits per heavy atom. The number of nitrogens with one attached hydrogen (secondary N) is 1. The molecule has 18 heavy (non-hydrogen) atoms. The Morgan fingerprint density at radius 3 is 2.78 bits per heavy atom. The topological polar surface area (TPSA) is 28.2 Å². The van der Waals surface area contributed by atoms with E-state index in [0.717, 1.165) is 13.0 Å². The van der Waals surface area contributed by atoms with Gasteiger partial charge in [-0.1, -0.05) is 12.8 Å². The maximum atomic E-state index is 4.31. The van der Waals surface area contributed by atoms with E-state index in [9.17, 15) is 0 Å². The third kappa shape index (κ3) is 5.04. The Hall–Kier alpha value is -0.450. The number of aromatic nitrogens is 1. The van der Waals surface area contributed by atoms with Crippen LogP contribution in [0, 0.1) is 0 Å². The lowest BCUT2D eigenvalue weighted by Gasteiger charge is -2.24. The minimum absolute atomic E-state index is 0.586. The van der Waals surface area contributed by atoms with Crippen molar-refractivity contribution >= 4 is 11.3 Å². The van der Waals surface area contributed by atoms with E-state index in [1.54, 1.807) is 11.3 Å². The van der Waals surface area contributed by atoms with Crippen molar-refractivity contribution < 1.29 is 0 Å². The molecule has 4 heteroatoms. The molecule has 1 aliphatic rings. The fraction of sp³-hybridized carbons (Fsp3) is 0.786. The molecular weight excluding hydrogens is 242 g/mol. The Labute approximate surface area is 115 Å². The Kier molecular flexibility index (Phi) is 6.11. The molecule has 0 radical (unpaired) electrons. The van der Waals surface area contributed by atoms with Crippen LogP contribution in [0.15, 0.2) is 11.6 Å². The summed E-state index contributed by atoms with van der Waals surface area (Å²) < 4.78 is 0. The molecule has 0 bridgehead atoms. The van der Waals surface area contributed by atoms with E-state index in [2.05, 4.69) is 27.5 Å². The third-order valence-corrected chi connectivity index (χ3v) is 4.39. The third-order valence-electron chi connectivity index (χ3n) is 3.55. The van der Waals surface area contributed by atoms with E-state index in [-0.39, 0.29) is 0 Å². The van der Waals surface area contributed by atoms with Gasteiger partial charge in [0.2, 0.25) is 0 Å². The highest BCUT2D eigenvalue weighted by Crippen LogP contribution is 2.10. The lowest BCUT2D eigenvalue weighted by Crippen LogP contribution is -2.40. The minimum Gasteiger partial charge on any atom is -0.313 e. The van der Waals surface area contributed by atoms with E-state index in [0.29, 0.717) is 6.04 Å². The van der Waals surface area contributed by atoms with Gasteiger partial charge < -0.3 is 10.2 Å². The molecule has 1 aromatic rings. The van der Waals surface area contributed by atoms with Crippen molar-refractivity contribution in [2.24, 2.45) is 0 Å². The van der Waals surface area contributed by atoms with Gasteiger partial charge in [0.15, 0.2) is 0 Å². The number of thiazole rings is 1. The number of nitrogens with zero attached hydrogens (tertiary/aromatic N) is 2. The fourth-order valence-electron chi connectivity index (χ4n) is 2.57. The molecule has 1 saturated heterocycles. The molecule has 0 aliphatic carbocycles.